The Morgan fingerprint density at radius 3 is 2.39 bits per heavy atom. The van der Waals surface area contributed by atoms with Gasteiger partial charge in [-0.2, -0.15) is 10.1 Å². The lowest BCUT2D eigenvalue weighted by Crippen LogP contribution is -2.43. The summed E-state index contributed by atoms with van der Waals surface area (Å²) in [7, 11) is 0. The number of benzene rings is 2. The van der Waals surface area contributed by atoms with E-state index in [1.165, 1.54) is 5.01 Å². The Morgan fingerprint density at radius 2 is 1.74 bits per heavy atom. The first-order valence-electron chi connectivity index (χ1n) is 7.78. The summed E-state index contributed by atoms with van der Waals surface area (Å²) in [4.78, 5) is 12.6. The molecular weight excluding hydrogens is 288 g/mol. The van der Waals surface area contributed by atoms with Crippen molar-refractivity contribution >= 4 is 11.6 Å². The van der Waals surface area contributed by atoms with E-state index in [1.54, 1.807) is 0 Å². The SMILES string of the molecule is CC1=NN(C(=O)CCc2ccccc2)[C@@](O)(c2ccccc2)C1. The van der Waals surface area contributed by atoms with Crippen molar-refractivity contribution in [3.63, 3.8) is 0 Å². The molecule has 23 heavy (non-hydrogen) atoms. The van der Waals surface area contributed by atoms with Crippen LogP contribution in [0, 0.1) is 0 Å². The molecule has 4 heteroatoms. The quantitative estimate of drug-likeness (QED) is 0.943. The first kappa shape index (κ1) is 15.4. The van der Waals surface area contributed by atoms with Crippen LogP contribution in [0.4, 0.5) is 0 Å². The summed E-state index contributed by atoms with van der Waals surface area (Å²) >= 11 is 0. The van der Waals surface area contributed by atoms with Crippen LogP contribution in [0.2, 0.25) is 0 Å². The first-order valence-corrected chi connectivity index (χ1v) is 7.78. The van der Waals surface area contributed by atoms with Gasteiger partial charge in [0.15, 0.2) is 5.72 Å². The molecule has 0 saturated carbocycles. The lowest BCUT2D eigenvalue weighted by Gasteiger charge is -2.31. The van der Waals surface area contributed by atoms with E-state index in [9.17, 15) is 9.90 Å². The molecule has 0 radical (unpaired) electrons. The molecule has 1 aliphatic rings. The second-order valence-electron chi connectivity index (χ2n) is 5.89. The average molecular weight is 308 g/mol. The van der Waals surface area contributed by atoms with Crippen LogP contribution in [-0.4, -0.2) is 21.7 Å². The third kappa shape index (κ3) is 3.17. The van der Waals surface area contributed by atoms with Crippen molar-refractivity contribution in [2.24, 2.45) is 5.10 Å². The van der Waals surface area contributed by atoms with Gasteiger partial charge in [0.1, 0.15) is 0 Å². The largest absolute Gasteiger partial charge is 0.365 e. The summed E-state index contributed by atoms with van der Waals surface area (Å²) in [6.07, 6.45) is 1.29. The van der Waals surface area contributed by atoms with E-state index in [2.05, 4.69) is 5.10 Å². The fourth-order valence-corrected chi connectivity index (χ4v) is 2.91. The molecule has 0 bridgehead atoms. The fraction of sp³-hybridized carbons (Fsp3) is 0.263. The van der Waals surface area contributed by atoms with Crippen molar-refractivity contribution in [2.75, 3.05) is 0 Å². The number of nitrogens with zero attached hydrogens (tertiary/aromatic N) is 2. The lowest BCUT2D eigenvalue weighted by atomic mass is 9.97. The van der Waals surface area contributed by atoms with Gasteiger partial charge in [0.2, 0.25) is 5.91 Å². The molecule has 0 saturated heterocycles. The van der Waals surface area contributed by atoms with Crippen molar-refractivity contribution < 1.29 is 9.90 Å². The minimum absolute atomic E-state index is 0.169. The first-order chi connectivity index (χ1) is 11.1. The van der Waals surface area contributed by atoms with Gasteiger partial charge in [-0.25, -0.2) is 0 Å². The summed E-state index contributed by atoms with van der Waals surface area (Å²) in [6.45, 7) is 1.83. The fourth-order valence-electron chi connectivity index (χ4n) is 2.91. The highest BCUT2D eigenvalue weighted by Gasteiger charge is 2.44. The van der Waals surface area contributed by atoms with Gasteiger partial charge in [0.05, 0.1) is 0 Å². The highest BCUT2D eigenvalue weighted by atomic mass is 16.3. The lowest BCUT2D eigenvalue weighted by molar-refractivity contribution is -0.157. The van der Waals surface area contributed by atoms with Crippen LogP contribution in [-0.2, 0) is 16.9 Å². The molecule has 0 spiro atoms. The predicted octanol–water partition coefficient (Wildman–Crippen LogP) is 3.07. The van der Waals surface area contributed by atoms with Gasteiger partial charge in [0, 0.05) is 24.1 Å². The average Bonchev–Trinajstić information content (AvgIpc) is 2.90. The maximum Gasteiger partial charge on any atom is 0.245 e. The van der Waals surface area contributed by atoms with E-state index >= 15 is 0 Å². The number of carbonyl (C=O) groups is 1. The maximum atomic E-state index is 12.6. The van der Waals surface area contributed by atoms with Crippen LogP contribution in [0.15, 0.2) is 65.8 Å². The summed E-state index contributed by atoms with van der Waals surface area (Å²) in [6, 6.07) is 19.1. The number of aryl methyl sites for hydroxylation is 1. The molecule has 3 rings (SSSR count). The van der Waals surface area contributed by atoms with Gasteiger partial charge < -0.3 is 5.11 Å². The number of hydrogen-bond donors (Lipinski definition) is 1. The topological polar surface area (TPSA) is 52.9 Å². The van der Waals surface area contributed by atoms with E-state index < -0.39 is 5.72 Å². The maximum absolute atomic E-state index is 12.6. The van der Waals surface area contributed by atoms with Gasteiger partial charge in [-0.05, 0) is 18.9 Å². The monoisotopic (exact) mass is 308 g/mol. The molecule has 0 unspecified atom stereocenters. The molecule has 2 aromatic rings. The summed E-state index contributed by atoms with van der Waals surface area (Å²) in [5.74, 6) is -0.169. The Balaban J connectivity index is 1.77. The molecule has 0 aromatic heterocycles. The van der Waals surface area contributed by atoms with Crippen LogP contribution in [0.3, 0.4) is 0 Å². The highest BCUT2D eigenvalue weighted by molar-refractivity contribution is 5.89. The Bertz CT molecular complexity index is 713. The molecule has 1 atom stereocenters. The summed E-state index contributed by atoms with van der Waals surface area (Å²) in [5.41, 5.74) is 1.17. The normalized spacial score (nSPS) is 20.4. The zero-order valence-electron chi connectivity index (χ0n) is 13.1. The molecule has 0 aliphatic carbocycles. The van der Waals surface area contributed by atoms with E-state index in [0.717, 1.165) is 11.3 Å². The van der Waals surface area contributed by atoms with Crippen LogP contribution in [0.5, 0.6) is 0 Å². The zero-order chi connectivity index (χ0) is 16.3. The molecule has 0 fully saturated rings. The Hall–Kier alpha value is -2.46. The van der Waals surface area contributed by atoms with Crippen LogP contribution in [0.25, 0.3) is 0 Å². The third-order valence-corrected chi connectivity index (χ3v) is 4.07. The standard InChI is InChI=1S/C19H20N2O2/c1-15-14-19(23,17-10-6-3-7-11-17)21(20-15)18(22)13-12-16-8-4-2-5-9-16/h2-11,23H,12-14H2,1H3/t19-/m0/s1. The highest BCUT2D eigenvalue weighted by Crippen LogP contribution is 2.35. The van der Waals surface area contributed by atoms with Gasteiger partial charge in [0.25, 0.3) is 0 Å². The van der Waals surface area contributed by atoms with E-state index in [0.29, 0.717) is 24.8 Å². The predicted molar refractivity (Wildman–Crippen MR) is 89.7 cm³/mol. The van der Waals surface area contributed by atoms with Gasteiger partial charge >= 0.3 is 0 Å². The van der Waals surface area contributed by atoms with Crippen molar-refractivity contribution in [1.29, 1.82) is 0 Å². The molecule has 2 aromatic carbocycles. The number of carbonyl (C=O) groups excluding carboxylic acids is 1. The molecule has 1 aliphatic heterocycles. The number of hydrazone groups is 1. The Morgan fingerprint density at radius 1 is 1.13 bits per heavy atom. The van der Waals surface area contributed by atoms with Crippen LogP contribution >= 0.6 is 0 Å². The molecule has 4 nitrogen and oxygen atoms in total. The van der Waals surface area contributed by atoms with Gasteiger partial charge in [-0.3, -0.25) is 4.79 Å². The molecule has 1 N–H and O–H groups in total. The molecule has 1 amide bonds. The zero-order valence-corrected chi connectivity index (χ0v) is 13.1. The second kappa shape index (κ2) is 6.34. The Kier molecular flexibility index (Phi) is 4.26. The molecular formula is C19H20N2O2. The molecule has 118 valence electrons. The number of hydrogen-bond acceptors (Lipinski definition) is 3. The van der Waals surface area contributed by atoms with Crippen molar-refractivity contribution in [3.8, 4) is 0 Å². The van der Waals surface area contributed by atoms with Crippen LogP contribution in [0.1, 0.15) is 30.9 Å². The number of amides is 1. The Labute approximate surface area is 136 Å². The van der Waals surface area contributed by atoms with Gasteiger partial charge in [-0.1, -0.05) is 60.7 Å². The number of aliphatic hydroxyl groups is 1. The number of rotatable bonds is 4. The molecule has 1 heterocycles. The minimum Gasteiger partial charge on any atom is -0.365 e. The van der Waals surface area contributed by atoms with Crippen molar-refractivity contribution in [1.82, 2.24) is 5.01 Å². The van der Waals surface area contributed by atoms with Crippen molar-refractivity contribution in [3.05, 3.63) is 71.8 Å². The van der Waals surface area contributed by atoms with Gasteiger partial charge in [-0.15, -0.1) is 0 Å². The van der Waals surface area contributed by atoms with E-state index in [1.807, 2.05) is 67.6 Å². The van der Waals surface area contributed by atoms with Crippen LogP contribution < -0.4 is 0 Å². The summed E-state index contributed by atoms with van der Waals surface area (Å²) in [5, 5.41) is 16.6. The smallest absolute Gasteiger partial charge is 0.245 e. The van der Waals surface area contributed by atoms with E-state index in [4.69, 9.17) is 0 Å². The van der Waals surface area contributed by atoms with Crippen molar-refractivity contribution in [2.45, 2.75) is 31.9 Å². The minimum atomic E-state index is -1.38. The second-order valence-corrected chi connectivity index (χ2v) is 5.89. The summed E-state index contributed by atoms with van der Waals surface area (Å²) < 4.78 is 0. The third-order valence-electron chi connectivity index (χ3n) is 4.07. The van der Waals surface area contributed by atoms with E-state index in [-0.39, 0.29) is 5.91 Å².